The Labute approximate surface area is 184 Å². The molecule has 2 atom stereocenters. The van der Waals surface area contributed by atoms with Crippen molar-refractivity contribution >= 4 is 17.7 Å². The zero-order valence-electron chi connectivity index (χ0n) is 18.6. The van der Waals surface area contributed by atoms with E-state index in [1.165, 1.54) is 36.6 Å². The number of carbonyl (C=O) groups excluding carboxylic acids is 1. The molecule has 1 aliphatic carbocycles. The number of carbonyl (C=O) groups is 1. The molecule has 0 bridgehead atoms. The molecule has 1 N–H and O–H groups in total. The van der Waals surface area contributed by atoms with Crippen LogP contribution in [0.2, 0.25) is 0 Å². The van der Waals surface area contributed by atoms with Crippen LogP contribution in [0.4, 0.5) is 0 Å². The number of benzene rings is 1. The van der Waals surface area contributed by atoms with Gasteiger partial charge in [0.1, 0.15) is 11.6 Å². The Hall–Kier alpha value is -2.02. The number of rotatable bonds is 9. The lowest BCUT2D eigenvalue weighted by molar-refractivity contribution is -0.119. The van der Waals surface area contributed by atoms with Gasteiger partial charge in [0.15, 0.2) is 5.16 Å². The number of aryl methyl sites for hydroxylation is 3. The molecule has 0 aliphatic heterocycles. The summed E-state index contributed by atoms with van der Waals surface area (Å²) in [6.45, 7) is 4.30. The molecule has 1 amide bonds. The highest BCUT2D eigenvalue weighted by atomic mass is 32.2. The lowest BCUT2D eigenvalue weighted by atomic mass is 9.86. The average Bonchev–Trinajstić information content (AvgIpc) is 3.08. The van der Waals surface area contributed by atoms with Gasteiger partial charge < -0.3 is 14.6 Å². The van der Waals surface area contributed by atoms with Gasteiger partial charge in [0.25, 0.3) is 0 Å². The highest BCUT2D eigenvalue weighted by molar-refractivity contribution is 7.99. The third-order valence-electron chi connectivity index (χ3n) is 6.04. The first-order valence-electron chi connectivity index (χ1n) is 10.9. The van der Waals surface area contributed by atoms with E-state index in [1.54, 1.807) is 7.11 Å². The number of nitrogens with zero attached hydrogens (tertiary/aromatic N) is 3. The molecule has 1 fully saturated rings. The minimum Gasteiger partial charge on any atom is -0.496 e. The molecule has 2 aromatic rings. The van der Waals surface area contributed by atoms with Crippen molar-refractivity contribution in [3.05, 3.63) is 35.2 Å². The smallest absolute Gasteiger partial charge is 0.230 e. The normalized spacial score (nSPS) is 18.9. The predicted molar refractivity (Wildman–Crippen MR) is 121 cm³/mol. The second kappa shape index (κ2) is 10.8. The highest BCUT2D eigenvalue weighted by Gasteiger charge is 2.23. The van der Waals surface area contributed by atoms with Crippen molar-refractivity contribution in [3.63, 3.8) is 0 Å². The van der Waals surface area contributed by atoms with Crippen LogP contribution < -0.4 is 10.1 Å². The van der Waals surface area contributed by atoms with Crippen molar-refractivity contribution in [2.45, 2.75) is 70.0 Å². The van der Waals surface area contributed by atoms with E-state index in [1.807, 2.05) is 17.7 Å². The molecule has 164 valence electrons. The minimum atomic E-state index is 0.0955. The van der Waals surface area contributed by atoms with E-state index in [0.717, 1.165) is 48.0 Å². The van der Waals surface area contributed by atoms with Gasteiger partial charge in [-0.1, -0.05) is 43.7 Å². The molecule has 1 aliphatic rings. The van der Waals surface area contributed by atoms with Crippen LogP contribution in [0.25, 0.3) is 0 Å². The van der Waals surface area contributed by atoms with Crippen molar-refractivity contribution in [2.75, 3.05) is 12.9 Å². The number of ether oxygens (including phenoxy) is 1. The van der Waals surface area contributed by atoms with Gasteiger partial charge in [-0.25, -0.2) is 0 Å². The Morgan fingerprint density at radius 2 is 2.07 bits per heavy atom. The van der Waals surface area contributed by atoms with Gasteiger partial charge in [0.2, 0.25) is 5.91 Å². The summed E-state index contributed by atoms with van der Waals surface area (Å²) in [4.78, 5) is 12.4. The Balaban J connectivity index is 1.45. The largest absolute Gasteiger partial charge is 0.496 e. The zero-order chi connectivity index (χ0) is 21.5. The van der Waals surface area contributed by atoms with E-state index in [4.69, 9.17) is 4.74 Å². The summed E-state index contributed by atoms with van der Waals surface area (Å²) >= 11 is 1.47. The highest BCUT2D eigenvalue weighted by Crippen LogP contribution is 2.24. The fourth-order valence-corrected chi connectivity index (χ4v) is 4.89. The second-order valence-corrected chi connectivity index (χ2v) is 9.28. The first-order chi connectivity index (χ1) is 14.5. The molecular formula is C23H34N4O2S. The maximum absolute atomic E-state index is 12.4. The maximum atomic E-state index is 12.4. The van der Waals surface area contributed by atoms with Crippen LogP contribution in [0.3, 0.4) is 0 Å². The Kier molecular flexibility index (Phi) is 8.19. The van der Waals surface area contributed by atoms with Crippen molar-refractivity contribution in [1.29, 1.82) is 0 Å². The molecule has 3 rings (SSSR count). The van der Waals surface area contributed by atoms with Crippen molar-refractivity contribution in [3.8, 4) is 5.75 Å². The quantitative estimate of drug-likeness (QED) is 0.607. The zero-order valence-corrected chi connectivity index (χ0v) is 19.4. The average molecular weight is 431 g/mol. The van der Waals surface area contributed by atoms with Crippen LogP contribution in [0.1, 0.15) is 56.0 Å². The number of nitrogens with one attached hydrogen (secondary N) is 1. The predicted octanol–water partition coefficient (Wildman–Crippen LogP) is 4.09. The van der Waals surface area contributed by atoms with Crippen LogP contribution in [-0.4, -0.2) is 39.6 Å². The Morgan fingerprint density at radius 3 is 2.80 bits per heavy atom. The fraction of sp³-hybridized carbons (Fsp3) is 0.609. The maximum Gasteiger partial charge on any atom is 0.230 e. The third kappa shape index (κ3) is 6.00. The summed E-state index contributed by atoms with van der Waals surface area (Å²) in [5, 5.41) is 12.6. The Morgan fingerprint density at radius 1 is 1.27 bits per heavy atom. The molecule has 1 heterocycles. The molecule has 1 saturated carbocycles. The monoisotopic (exact) mass is 430 g/mol. The van der Waals surface area contributed by atoms with Gasteiger partial charge >= 0.3 is 0 Å². The third-order valence-corrected chi connectivity index (χ3v) is 7.06. The van der Waals surface area contributed by atoms with Gasteiger partial charge in [-0.15, -0.1) is 10.2 Å². The molecule has 0 radical (unpaired) electrons. The molecule has 0 saturated heterocycles. The van der Waals surface area contributed by atoms with E-state index in [-0.39, 0.29) is 5.91 Å². The van der Waals surface area contributed by atoms with Gasteiger partial charge in [0, 0.05) is 19.5 Å². The van der Waals surface area contributed by atoms with Gasteiger partial charge in [-0.05, 0) is 55.7 Å². The number of aromatic nitrogens is 3. The summed E-state index contributed by atoms with van der Waals surface area (Å²) in [6.07, 6.45) is 7.65. The van der Waals surface area contributed by atoms with Crippen LogP contribution in [-0.2, 0) is 24.7 Å². The molecule has 30 heavy (non-hydrogen) atoms. The SMILES string of the molecule is COc1ccc(CCCc2nnc(SCC(=O)N[C@@H]3CCCC[C@H]3C)n2C)cc1C. The second-order valence-electron chi connectivity index (χ2n) is 8.34. The first-order valence-corrected chi connectivity index (χ1v) is 11.9. The van der Waals surface area contributed by atoms with Crippen LogP contribution in [0, 0.1) is 12.8 Å². The van der Waals surface area contributed by atoms with Crippen molar-refractivity contribution in [2.24, 2.45) is 13.0 Å². The van der Waals surface area contributed by atoms with Crippen molar-refractivity contribution < 1.29 is 9.53 Å². The van der Waals surface area contributed by atoms with E-state index in [9.17, 15) is 4.79 Å². The summed E-state index contributed by atoms with van der Waals surface area (Å²) in [5.41, 5.74) is 2.46. The van der Waals surface area contributed by atoms with E-state index in [2.05, 4.69) is 41.5 Å². The van der Waals surface area contributed by atoms with E-state index >= 15 is 0 Å². The topological polar surface area (TPSA) is 69.0 Å². The summed E-state index contributed by atoms with van der Waals surface area (Å²) < 4.78 is 7.34. The first kappa shape index (κ1) is 22.7. The number of thioether (sulfide) groups is 1. The number of hydrogen-bond donors (Lipinski definition) is 1. The number of methoxy groups -OCH3 is 1. The van der Waals surface area contributed by atoms with Crippen LogP contribution in [0.15, 0.2) is 23.4 Å². The number of hydrogen-bond acceptors (Lipinski definition) is 5. The van der Waals surface area contributed by atoms with Crippen molar-refractivity contribution in [1.82, 2.24) is 20.1 Å². The standard InChI is InChI=1S/C23H34N4O2S/c1-16-8-5-6-10-19(16)24-22(28)15-30-23-26-25-21(27(23)3)11-7-9-18-12-13-20(29-4)17(2)14-18/h12-14,16,19H,5-11,15H2,1-4H3,(H,24,28)/t16-,19-/m1/s1. The number of amides is 1. The fourth-order valence-electron chi connectivity index (χ4n) is 4.14. The van der Waals surface area contributed by atoms with Gasteiger partial charge in [0.05, 0.1) is 12.9 Å². The molecule has 6 nitrogen and oxygen atoms in total. The molecule has 0 spiro atoms. The lowest BCUT2D eigenvalue weighted by Crippen LogP contribution is -2.41. The van der Waals surface area contributed by atoms with E-state index in [0.29, 0.717) is 17.7 Å². The molecule has 1 aromatic carbocycles. The lowest BCUT2D eigenvalue weighted by Gasteiger charge is -2.29. The molecule has 0 unspecified atom stereocenters. The minimum absolute atomic E-state index is 0.0955. The Bertz CT molecular complexity index is 852. The van der Waals surface area contributed by atoms with Gasteiger partial charge in [-0.3, -0.25) is 4.79 Å². The summed E-state index contributed by atoms with van der Waals surface area (Å²) in [7, 11) is 3.68. The summed E-state index contributed by atoms with van der Waals surface area (Å²) in [6, 6.07) is 6.66. The van der Waals surface area contributed by atoms with Crippen LogP contribution >= 0.6 is 11.8 Å². The van der Waals surface area contributed by atoms with E-state index < -0.39 is 0 Å². The molecule has 1 aromatic heterocycles. The molecular weight excluding hydrogens is 396 g/mol. The summed E-state index contributed by atoms with van der Waals surface area (Å²) in [5.74, 6) is 2.95. The van der Waals surface area contributed by atoms with Crippen LogP contribution in [0.5, 0.6) is 5.75 Å². The van der Waals surface area contributed by atoms with Gasteiger partial charge in [-0.2, -0.15) is 0 Å². The molecule has 7 heteroatoms.